The summed E-state index contributed by atoms with van der Waals surface area (Å²) < 4.78 is 58.6. The van der Waals surface area contributed by atoms with Gasteiger partial charge in [-0.25, -0.2) is 18.4 Å². The maximum atomic E-state index is 13.6. The van der Waals surface area contributed by atoms with Crippen LogP contribution in [0.1, 0.15) is 10.4 Å². The molecule has 1 aromatic heterocycles. The third-order valence-electron chi connectivity index (χ3n) is 6.59. The Morgan fingerprint density at radius 2 is 1.67 bits per heavy atom. The summed E-state index contributed by atoms with van der Waals surface area (Å²) in [4.78, 5) is 24.3. The van der Waals surface area contributed by atoms with Gasteiger partial charge in [0.1, 0.15) is 24.7 Å². The predicted molar refractivity (Wildman–Crippen MR) is 168 cm³/mol. The Morgan fingerprint density at radius 1 is 0.956 bits per heavy atom. The standard InChI is InChI=1S/C31H32N4O8S2/c1-39-23-5-3-6-24(21-23)43-29-27(34-45(37,38)26-9-7-25(44-2)8-10-26)19-22(30(36)35-13-15-40-16-14-35)20-28(29)41-17-18-42-31-32-11-4-12-33-31/h3-12,19-21,34H,13-18H2,1-2H3. The molecule has 1 aliphatic rings. The van der Waals surface area contributed by atoms with Crippen LogP contribution in [-0.2, 0) is 14.8 Å². The number of nitrogens with one attached hydrogen (secondary N) is 1. The van der Waals surface area contributed by atoms with E-state index in [-0.39, 0.29) is 52.8 Å². The van der Waals surface area contributed by atoms with Crippen molar-refractivity contribution in [1.82, 2.24) is 14.9 Å². The van der Waals surface area contributed by atoms with E-state index < -0.39 is 10.0 Å². The summed E-state index contributed by atoms with van der Waals surface area (Å²) in [5.74, 6) is 0.730. The number of ether oxygens (including phenoxy) is 5. The molecule has 1 saturated heterocycles. The first kappa shape index (κ1) is 31.9. The van der Waals surface area contributed by atoms with Gasteiger partial charge in [-0.2, -0.15) is 0 Å². The minimum atomic E-state index is -4.12. The monoisotopic (exact) mass is 652 g/mol. The molecule has 4 aromatic rings. The van der Waals surface area contributed by atoms with Crippen molar-refractivity contribution in [3.8, 4) is 29.0 Å². The number of carbonyl (C=O) groups is 1. The zero-order chi connectivity index (χ0) is 31.6. The van der Waals surface area contributed by atoms with Gasteiger partial charge in [0, 0.05) is 42.0 Å². The zero-order valence-corrected chi connectivity index (χ0v) is 26.3. The van der Waals surface area contributed by atoms with Gasteiger partial charge in [-0.3, -0.25) is 9.52 Å². The van der Waals surface area contributed by atoms with Gasteiger partial charge in [-0.15, -0.1) is 11.8 Å². The van der Waals surface area contributed by atoms with E-state index >= 15 is 0 Å². The van der Waals surface area contributed by atoms with Crippen molar-refractivity contribution in [2.75, 3.05) is 57.6 Å². The minimum Gasteiger partial charge on any atom is -0.497 e. The number of carbonyl (C=O) groups excluding carboxylic acids is 1. The molecule has 14 heteroatoms. The van der Waals surface area contributed by atoms with Crippen molar-refractivity contribution < 1.29 is 36.9 Å². The van der Waals surface area contributed by atoms with Crippen LogP contribution in [0.25, 0.3) is 0 Å². The summed E-state index contributed by atoms with van der Waals surface area (Å²) in [7, 11) is -2.59. The average molecular weight is 653 g/mol. The van der Waals surface area contributed by atoms with E-state index in [0.717, 1.165) is 4.90 Å². The Kier molecular flexibility index (Phi) is 10.6. The molecular formula is C31H32N4O8S2. The lowest BCUT2D eigenvalue weighted by atomic mass is 10.1. The zero-order valence-electron chi connectivity index (χ0n) is 24.7. The Balaban J connectivity index is 1.54. The van der Waals surface area contributed by atoms with Crippen LogP contribution in [0.4, 0.5) is 5.69 Å². The minimum absolute atomic E-state index is 0.00423. The normalized spacial score (nSPS) is 13.2. The van der Waals surface area contributed by atoms with Gasteiger partial charge >= 0.3 is 6.01 Å². The summed E-state index contributed by atoms with van der Waals surface area (Å²) in [6, 6.07) is 18.1. The van der Waals surface area contributed by atoms with Crippen LogP contribution in [-0.4, -0.2) is 82.1 Å². The highest BCUT2D eigenvalue weighted by atomic mass is 32.2. The van der Waals surface area contributed by atoms with Gasteiger partial charge in [0.15, 0.2) is 11.5 Å². The van der Waals surface area contributed by atoms with E-state index in [9.17, 15) is 13.2 Å². The number of amides is 1. The summed E-state index contributed by atoms with van der Waals surface area (Å²) >= 11 is 1.50. The molecule has 0 radical (unpaired) electrons. The van der Waals surface area contributed by atoms with Gasteiger partial charge in [-0.1, -0.05) is 6.07 Å². The Hall–Kier alpha value is -4.53. The molecule has 0 aliphatic carbocycles. The number of morpholine rings is 1. The number of rotatable bonds is 13. The Morgan fingerprint density at radius 3 is 2.38 bits per heavy atom. The first-order valence-electron chi connectivity index (χ1n) is 13.9. The molecule has 3 aromatic carbocycles. The van der Waals surface area contributed by atoms with Crippen molar-refractivity contribution in [2.45, 2.75) is 9.79 Å². The fourth-order valence-electron chi connectivity index (χ4n) is 4.35. The van der Waals surface area contributed by atoms with E-state index in [1.807, 2.05) is 6.26 Å². The van der Waals surface area contributed by atoms with Crippen LogP contribution in [0.2, 0.25) is 0 Å². The molecule has 5 rings (SSSR count). The van der Waals surface area contributed by atoms with Crippen LogP contribution < -0.4 is 23.7 Å². The first-order valence-corrected chi connectivity index (χ1v) is 16.6. The van der Waals surface area contributed by atoms with Gasteiger partial charge in [0.25, 0.3) is 15.9 Å². The Labute approximate surface area is 265 Å². The van der Waals surface area contributed by atoms with E-state index in [1.54, 1.807) is 59.8 Å². The first-order chi connectivity index (χ1) is 21.9. The molecule has 0 bridgehead atoms. The van der Waals surface area contributed by atoms with Crippen LogP contribution in [0, 0.1) is 0 Å². The highest BCUT2D eigenvalue weighted by Gasteiger charge is 2.26. The van der Waals surface area contributed by atoms with Crippen LogP contribution >= 0.6 is 11.8 Å². The molecule has 1 fully saturated rings. The van der Waals surface area contributed by atoms with Crippen molar-refractivity contribution in [3.63, 3.8) is 0 Å². The topological polar surface area (TPSA) is 138 Å². The fraction of sp³-hybridized carbons (Fsp3) is 0.258. The second-order valence-electron chi connectivity index (χ2n) is 9.55. The predicted octanol–water partition coefficient (Wildman–Crippen LogP) is 4.73. The second-order valence-corrected chi connectivity index (χ2v) is 12.1. The highest BCUT2D eigenvalue weighted by molar-refractivity contribution is 7.98. The number of aromatic nitrogens is 2. The number of thioether (sulfide) groups is 1. The van der Waals surface area contributed by atoms with Gasteiger partial charge in [0.05, 0.1) is 30.9 Å². The number of sulfonamides is 1. The van der Waals surface area contributed by atoms with Crippen molar-refractivity contribution >= 4 is 33.4 Å². The molecule has 0 saturated carbocycles. The molecule has 45 heavy (non-hydrogen) atoms. The van der Waals surface area contributed by atoms with E-state index in [0.29, 0.717) is 37.8 Å². The summed E-state index contributed by atoms with van der Waals surface area (Å²) in [5.41, 5.74) is 0.209. The van der Waals surface area contributed by atoms with Gasteiger partial charge in [0.2, 0.25) is 0 Å². The number of benzene rings is 3. The Bertz CT molecular complexity index is 1700. The maximum absolute atomic E-state index is 13.6. The van der Waals surface area contributed by atoms with Crippen molar-refractivity contribution in [2.24, 2.45) is 0 Å². The third-order valence-corrected chi connectivity index (χ3v) is 8.71. The van der Waals surface area contributed by atoms with E-state index in [2.05, 4.69) is 14.7 Å². The lowest BCUT2D eigenvalue weighted by molar-refractivity contribution is 0.0302. The van der Waals surface area contributed by atoms with E-state index in [1.165, 1.54) is 43.1 Å². The summed E-state index contributed by atoms with van der Waals surface area (Å²) in [6.07, 6.45) is 5.01. The second kappa shape index (κ2) is 15.0. The van der Waals surface area contributed by atoms with Crippen molar-refractivity contribution in [3.05, 3.63) is 84.7 Å². The van der Waals surface area contributed by atoms with Crippen LogP contribution in [0.15, 0.2) is 88.9 Å². The van der Waals surface area contributed by atoms with Gasteiger partial charge in [-0.05, 0) is 60.9 Å². The molecule has 1 amide bonds. The van der Waals surface area contributed by atoms with Crippen LogP contribution in [0.3, 0.4) is 0 Å². The largest absolute Gasteiger partial charge is 0.497 e. The van der Waals surface area contributed by atoms with Crippen LogP contribution in [0.5, 0.6) is 29.0 Å². The molecule has 12 nitrogen and oxygen atoms in total. The molecule has 0 atom stereocenters. The molecule has 0 spiro atoms. The number of anilines is 1. The number of hydrogen-bond donors (Lipinski definition) is 1. The van der Waals surface area contributed by atoms with Gasteiger partial charge < -0.3 is 28.6 Å². The molecule has 1 N–H and O–H groups in total. The molecule has 1 aliphatic heterocycles. The van der Waals surface area contributed by atoms with E-state index in [4.69, 9.17) is 23.7 Å². The SMILES string of the molecule is COc1cccc(Oc2c(NS(=O)(=O)c3ccc(SC)cc3)cc(C(=O)N3CCOCC3)cc2OCCOc2ncccn2)c1. The lowest BCUT2D eigenvalue weighted by Gasteiger charge is -2.27. The maximum Gasteiger partial charge on any atom is 0.316 e. The number of nitrogens with zero attached hydrogens (tertiary/aromatic N) is 3. The summed E-state index contributed by atoms with van der Waals surface area (Å²) in [5, 5.41) is 0. The van der Waals surface area contributed by atoms with Crippen molar-refractivity contribution in [1.29, 1.82) is 0 Å². The fourth-order valence-corrected chi connectivity index (χ4v) is 5.81. The molecule has 2 heterocycles. The lowest BCUT2D eigenvalue weighted by Crippen LogP contribution is -2.40. The molecule has 236 valence electrons. The molecular weight excluding hydrogens is 620 g/mol. The number of methoxy groups -OCH3 is 1. The highest BCUT2D eigenvalue weighted by Crippen LogP contribution is 2.42. The quantitative estimate of drug-likeness (QED) is 0.158. The average Bonchev–Trinajstić information content (AvgIpc) is 3.08. The molecule has 0 unspecified atom stereocenters. The summed E-state index contributed by atoms with van der Waals surface area (Å²) in [6.45, 7) is 1.65. The third kappa shape index (κ3) is 8.35. The number of hydrogen-bond acceptors (Lipinski definition) is 11. The smallest absolute Gasteiger partial charge is 0.316 e.